The molecule has 31 heavy (non-hydrogen) atoms. The SMILES string of the molecule is Cc1cc(C(=O)COC(=O)c2ccc(-n3cccn3)cc2)c(C)n1C1CCS(=O)(=O)C1. The van der Waals surface area contributed by atoms with Crippen molar-refractivity contribution in [1.82, 2.24) is 14.3 Å². The second-order valence-corrected chi connectivity index (χ2v) is 9.94. The van der Waals surface area contributed by atoms with Gasteiger partial charge in [0, 0.05) is 35.4 Å². The van der Waals surface area contributed by atoms with Crippen molar-refractivity contribution in [2.75, 3.05) is 18.1 Å². The van der Waals surface area contributed by atoms with Crippen molar-refractivity contribution < 1.29 is 22.7 Å². The van der Waals surface area contributed by atoms with E-state index < -0.39 is 15.8 Å². The molecule has 1 fully saturated rings. The molecule has 0 N–H and O–H groups in total. The lowest BCUT2D eigenvalue weighted by Gasteiger charge is -2.16. The number of aryl methyl sites for hydroxylation is 1. The third-order valence-electron chi connectivity index (χ3n) is 5.56. The Kier molecular flexibility index (Phi) is 5.53. The highest BCUT2D eigenvalue weighted by Crippen LogP contribution is 2.29. The number of ether oxygens (including phenoxy) is 1. The number of ketones is 1. The van der Waals surface area contributed by atoms with Crippen molar-refractivity contribution in [3.8, 4) is 5.69 Å². The molecule has 3 heterocycles. The molecule has 0 bridgehead atoms. The molecule has 1 aliphatic rings. The van der Waals surface area contributed by atoms with Crippen molar-refractivity contribution in [2.24, 2.45) is 0 Å². The molecule has 2 aromatic heterocycles. The van der Waals surface area contributed by atoms with Crippen LogP contribution < -0.4 is 0 Å². The summed E-state index contributed by atoms with van der Waals surface area (Å²) in [6, 6.07) is 10.1. The molecule has 0 amide bonds. The van der Waals surface area contributed by atoms with E-state index in [-0.39, 0.29) is 29.9 Å². The Morgan fingerprint density at radius 3 is 2.55 bits per heavy atom. The van der Waals surface area contributed by atoms with Crippen molar-refractivity contribution in [1.29, 1.82) is 0 Å². The zero-order valence-electron chi connectivity index (χ0n) is 17.3. The normalized spacial score (nSPS) is 17.5. The molecule has 1 unspecified atom stereocenters. The highest BCUT2D eigenvalue weighted by atomic mass is 32.2. The topological polar surface area (TPSA) is 100 Å². The maximum absolute atomic E-state index is 12.7. The van der Waals surface area contributed by atoms with Crippen LogP contribution in [0.15, 0.2) is 48.8 Å². The maximum Gasteiger partial charge on any atom is 0.338 e. The molecule has 0 saturated carbocycles. The third-order valence-corrected chi connectivity index (χ3v) is 7.31. The first-order valence-corrected chi connectivity index (χ1v) is 11.8. The van der Waals surface area contributed by atoms with Crippen LogP contribution in [0.4, 0.5) is 0 Å². The lowest BCUT2D eigenvalue weighted by atomic mass is 10.1. The van der Waals surface area contributed by atoms with Crippen LogP contribution in [0.5, 0.6) is 0 Å². The number of carbonyl (C=O) groups excluding carboxylic acids is 2. The summed E-state index contributed by atoms with van der Waals surface area (Å²) in [5, 5.41) is 4.13. The fourth-order valence-corrected chi connectivity index (χ4v) is 5.76. The van der Waals surface area contributed by atoms with Crippen molar-refractivity contribution in [3.63, 3.8) is 0 Å². The van der Waals surface area contributed by atoms with Gasteiger partial charge in [-0.15, -0.1) is 0 Å². The molecule has 1 aliphatic heterocycles. The quantitative estimate of drug-likeness (QED) is 0.431. The number of rotatable bonds is 6. The van der Waals surface area contributed by atoms with Gasteiger partial charge in [0.05, 0.1) is 22.8 Å². The Bertz CT molecular complexity index is 1220. The van der Waals surface area contributed by atoms with Gasteiger partial charge in [-0.1, -0.05) is 0 Å². The van der Waals surface area contributed by atoms with Gasteiger partial charge < -0.3 is 9.30 Å². The molecule has 9 heteroatoms. The molecule has 1 aromatic carbocycles. The van der Waals surface area contributed by atoms with Gasteiger partial charge >= 0.3 is 5.97 Å². The Hall–Kier alpha value is -3.20. The Morgan fingerprint density at radius 2 is 1.94 bits per heavy atom. The molecule has 162 valence electrons. The van der Waals surface area contributed by atoms with E-state index in [9.17, 15) is 18.0 Å². The van der Waals surface area contributed by atoms with E-state index in [4.69, 9.17) is 4.74 Å². The largest absolute Gasteiger partial charge is 0.454 e. The van der Waals surface area contributed by atoms with Crippen LogP contribution in [0.1, 0.15) is 44.6 Å². The smallest absolute Gasteiger partial charge is 0.338 e. The van der Waals surface area contributed by atoms with Gasteiger partial charge in [-0.25, -0.2) is 17.9 Å². The van der Waals surface area contributed by atoms with Gasteiger partial charge in [0.25, 0.3) is 0 Å². The number of benzene rings is 1. The van der Waals surface area contributed by atoms with Gasteiger partial charge in [0.2, 0.25) is 5.78 Å². The van der Waals surface area contributed by atoms with Crippen LogP contribution >= 0.6 is 0 Å². The first-order chi connectivity index (χ1) is 14.7. The predicted octanol–water partition coefficient (Wildman–Crippen LogP) is 2.69. The zero-order chi connectivity index (χ0) is 22.2. The zero-order valence-corrected chi connectivity index (χ0v) is 18.1. The van der Waals surface area contributed by atoms with Crippen LogP contribution in [0, 0.1) is 13.8 Å². The average Bonchev–Trinajstić information content (AvgIpc) is 3.46. The molecular formula is C22H23N3O5S. The fourth-order valence-electron chi connectivity index (χ4n) is 4.06. The van der Waals surface area contributed by atoms with E-state index in [2.05, 4.69) is 5.10 Å². The summed E-state index contributed by atoms with van der Waals surface area (Å²) in [6.07, 6.45) is 4.00. The fraction of sp³-hybridized carbons (Fsp3) is 0.318. The van der Waals surface area contributed by atoms with Gasteiger partial charge in [-0.2, -0.15) is 5.10 Å². The summed E-state index contributed by atoms with van der Waals surface area (Å²) < 4.78 is 32.5. The van der Waals surface area contributed by atoms with Gasteiger partial charge in [-0.05, 0) is 56.7 Å². The lowest BCUT2D eigenvalue weighted by molar-refractivity contribution is 0.0474. The van der Waals surface area contributed by atoms with E-state index in [1.54, 1.807) is 60.4 Å². The number of sulfone groups is 1. The molecule has 1 atom stereocenters. The van der Waals surface area contributed by atoms with E-state index in [0.717, 1.165) is 11.4 Å². The maximum atomic E-state index is 12.7. The molecule has 3 aromatic rings. The van der Waals surface area contributed by atoms with Crippen molar-refractivity contribution in [2.45, 2.75) is 26.3 Å². The van der Waals surface area contributed by atoms with Crippen molar-refractivity contribution >= 4 is 21.6 Å². The van der Waals surface area contributed by atoms with Crippen LogP contribution in [-0.4, -0.2) is 52.6 Å². The molecule has 0 radical (unpaired) electrons. The van der Waals surface area contributed by atoms with Crippen molar-refractivity contribution in [3.05, 3.63) is 71.3 Å². The van der Waals surface area contributed by atoms with Crippen LogP contribution in [0.3, 0.4) is 0 Å². The molecule has 0 spiro atoms. The number of nitrogens with zero attached hydrogens (tertiary/aromatic N) is 3. The minimum absolute atomic E-state index is 0.0838. The second kappa shape index (κ2) is 8.14. The number of hydrogen-bond acceptors (Lipinski definition) is 6. The Morgan fingerprint density at radius 1 is 1.19 bits per heavy atom. The molecule has 1 saturated heterocycles. The minimum Gasteiger partial charge on any atom is -0.454 e. The summed E-state index contributed by atoms with van der Waals surface area (Å²) in [6.45, 7) is 3.26. The van der Waals surface area contributed by atoms with Gasteiger partial charge in [-0.3, -0.25) is 4.79 Å². The highest BCUT2D eigenvalue weighted by molar-refractivity contribution is 7.91. The summed E-state index contributed by atoms with van der Waals surface area (Å²) >= 11 is 0. The molecule has 0 aliphatic carbocycles. The van der Waals surface area contributed by atoms with E-state index in [1.165, 1.54) is 0 Å². The third kappa shape index (κ3) is 4.32. The van der Waals surface area contributed by atoms with E-state index in [0.29, 0.717) is 23.2 Å². The van der Waals surface area contributed by atoms with Gasteiger partial charge in [0.1, 0.15) is 0 Å². The number of aromatic nitrogens is 3. The second-order valence-electron chi connectivity index (χ2n) is 7.71. The number of Topliss-reactive ketones (excluding diaryl/α,β-unsaturated/α-hetero) is 1. The lowest BCUT2D eigenvalue weighted by Crippen LogP contribution is -2.17. The summed E-state index contributed by atoms with van der Waals surface area (Å²) in [5.74, 6) is -0.659. The van der Waals surface area contributed by atoms with Crippen LogP contribution in [-0.2, 0) is 14.6 Å². The number of esters is 1. The number of carbonyl (C=O) groups is 2. The molecule has 8 nitrogen and oxygen atoms in total. The summed E-state index contributed by atoms with van der Waals surface area (Å²) in [7, 11) is -3.04. The first-order valence-electron chi connectivity index (χ1n) is 9.94. The van der Waals surface area contributed by atoms with E-state index >= 15 is 0 Å². The van der Waals surface area contributed by atoms with Crippen LogP contribution in [0.25, 0.3) is 5.69 Å². The Labute approximate surface area is 180 Å². The monoisotopic (exact) mass is 441 g/mol. The molecule has 4 rings (SSSR count). The summed E-state index contributed by atoms with van der Waals surface area (Å²) in [5.41, 5.74) is 3.11. The summed E-state index contributed by atoms with van der Waals surface area (Å²) in [4.78, 5) is 25.0. The van der Waals surface area contributed by atoms with Gasteiger partial charge in [0.15, 0.2) is 16.4 Å². The predicted molar refractivity (Wildman–Crippen MR) is 114 cm³/mol. The first kappa shape index (κ1) is 21.0. The standard InChI is InChI=1S/C22H23N3O5S/c1-15-12-20(16(2)25(15)19-8-11-31(28,29)14-19)21(26)13-30-22(27)17-4-6-18(7-5-17)24-10-3-9-23-24/h3-7,9-10,12,19H,8,11,13-14H2,1-2H3. The minimum atomic E-state index is -3.04. The van der Waals surface area contributed by atoms with Crippen LogP contribution in [0.2, 0.25) is 0 Å². The number of hydrogen-bond donors (Lipinski definition) is 0. The molecular weight excluding hydrogens is 418 g/mol. The Balaban J connectivity index is 1.42. The van der Waals surface area contributed by atoms with E-state index in [1.807, 2.05) is 11.5 Å². The average molecular weight is 442 g/mol. The highest BCUT2D eigenvalue weighted by Gasteiger charge is 2.31.